The van der Waals surface area contributed by atoms with E-state index in [4.69, 9.17) is 16.3 Å². The number of hydrogen-bond donors (Lipinski definition) is 3. The van der Waals surface area contributed by atoms with Gasteiger partial charge in [0, 0.05) is 19.5 Å². The predicted molar refractivity (Wildman–Crippen MR) is 141 cm³/mol. The molecule has 0 spiro atoms. The number of hydrogen-bond acceptors (Lipinski definition) is 8. The first-order valence-electron chi connectivity index (χ1n) is 11.9. The van der Waals surface area contributed by atoms with Gasteiger partial charge in [-0.25, -0.2) is 19.6 Å². The average Bonchev–Trinajstić information content (AvgIpc) is 3.46. The second-order valence-electron chi connectivity index (χ2n) is 8.83. The van der Waals surface area contributed by atoms with Gasteiger partial charge < -0.3 is 25.4 Å². The van der Waals surface area contributed by atoms with E-state index in [1.54, 1.807) is 6.92 Å². The Balaban J connectivity index is 1.46. The topological polar surface area (TPSA) is 133 Å². The van der Waals surface area contributed by atoms with Crippen molar-refractivity contribution in [2.24, 2.45) is 4.99 Å². The fraction of sp³-hybridized carbons (Fsp3) is 0.400. The van der Waals surface area contributed by atoms with Crippen molar-refractivity contribution in [2.75, 3.05) is 18.0 Å². The maximum absolute atomic E-state index is 13.0. The van der Waals surface area contributed by atoms with E-state index in [-0.39, 0.29) is 17.4 Å². The molecule has 1 aromatic carbocycles. The minimum absolute atomic E-state index is 0.106. The lowest BCUT2D eigenvalue weighted by Gasteiger charge is -2.38. The summed E-state index contributed by atoms with van der Waals surface area (Å²) in [6, 6.07) is 8.39. The molecule has 2 atom stereocenters. The van der Waals surface area contributed by atoms with Crippen molar-refractivity contribution < 1.29 is 24.2 Å². The van der Waals surface area contributed by atoms with Crippen molar-refractivity contribution in [3.05, 3.63) is 57.2 Å². The Hall–Kier alpha value is -3.44. The van der Waals surface area contributed by atoms with Gasteiger partial charge in [0.25, 0.3) is 5.91 Å². The van der Waals surface area contributed by atoms with Crippen molar-refractivity contribution >= 4 is 51.8 Å². The van der Waals surface area contributed by atoms with Crippen LogP contribution in [0.3, 0.4) is 0 Å². The Morgan fingerprint density at radius 3 is 2.62 bits per heavy atom. The van der Waals surface area contributed by atoms with Crippen molar-refractivity contribution in [3.63, 3.8) is 0 Å². The lowest BCUT2D eigenvalue weighted by atomic mass is 9.99. The molecule has 196 valence electrons. The first kappa shape index (κ1) is 26.6. The highest BCUT2D eigenvalue weighted by Gasteiger charge is 2.35. The number of carboxylic acid groups (broad SMARTS) is 1. The smallest absolute Gasteiger partial charge is 0.407 e. The number of aromatic nitrogens is 1. The van der Waals surface area contributed by atoms with Gasteiger partial charge in [-0.2, -0.15) is 0 Å². The molecule has 1 aromatic heterocycles. The number of aromatic carboxylic acids is 1. The Bertz CT molecular complexity index is 1250. The van der Waals surface area contributed by atoms with E-state index < -0.39 is 24.1 Å². The van der Waals surface area contributed by atoms with E-state index in [9.17, 15) is 19.5 Å². The van der Waals surface area contributed by atoms with E-state index in [1.807, 2.05) is 42.2 Å². The van der Waals surface area contributed by atoms with Crippen LogP contribution in [0, 0.1) is 6.92 Å². The molecule has 2 aromatic rings. The van der Waals surface area contributed by atoms with Gasteiger partial charge in [-0.15, -0.1) is 0 Å². The number of alkyl carbamates (subject to hydrolysis) is 1. The molecule has 1 fully saturated rings. The van der Waals surface area contributed by atoms with E-state index in [2.05, 4.69) is 20.6 Å². The van der Waals surface area contributed by atoms with Crippen molar-refractivity contribution in [3.8, 4) is 0 Å². The molecule has 12 heteroatoms. The number of aryl methyl sites for hydroxylation is 1. The molecule has 3 N–H and O–H groups in total. The predicted octanol–water partition coefficient (Wildman–Crippen LogP) is 3.84. The van der Waals surface area contributed by atoms with Crippen LogP contribution in [0.1, 0.15) is 47.1 Å². The van der Waals surface area contributed by atoms with E-state index in [1.165, 1.54) is 0 Å². The maximum Gasteiger partial charge on any atom is 0.407 e. The molecule has 0 unspecified atom stereocenters. The number of piperidine rings is 1. The van der Waals surface area contributed by atoms with Gasteiger partial charge in [-0.1, -0.05) is 60.2 Å². The molecular weight excluding hydrogens is 518 g/mol. The minimum atomic E-state index is -1.03. The maximum atomic E-state index is 13.0. The van der Waals surface area contributed by atoms with Crippen LogP contribution in [0.15, 0.2) is 46.1 Å². The van der Waals surface area contributed by atoms with Gasteiger partial charge in [0.1, 0.15) is 22.4 Å². The molecule has 0 bridgehead atoms. The second kappa shape index (κ2) is 11.7. The van der Waals surface area contributed by atoms with Crippen LogP contribution in [0.4, 0.5) is 9.93 Å². The van der Waals surface area contributed by atoms with Crippen LogP contribution < -0.4 is 15.5 Å². The Morgan fingerprint density at radius 2 is 1.97 bits per heavy atom. The second-order valence-corrected chi connectivity index (χ2v) is 10.2. The molecule has 2 aliphatic heterocycles. The molecule has 4 rings (SSSR count). The quantitative estimate of drug-likeness (QED) is 0.429. The summed E-state index contributed by atoms with van der Waals surface area (Å²) in [5.74, 6) is -1.36. The molecule has 37 heavy (non-hydrogen) atoms. The first-order chi connectivity index (χ1) is 17.7. The van der Waals surface area contributed by atoms with E-state index >= 15 is 0 Å². The standard InChI is InChI=1S/C25H28ClN5O5S/c1-3-16-11-18(28-21(16)26)22(32)29-17-9-10-31(24-27-14(2)20(37-24)23(33)34)12-19(17)30-25(35)36-13-15-7-5-4-6-8-15/h4-8,17,19H,3,9-13H2,1-2H3,(H,29,32)(H,30,35)(H,33,34)/t17-,19-/m1/s1. The summed E-state index contributed by atoms with van der Waals surface area (Å²) in [7, 11) is 0. The number of ether oxygens (including phenoxy) is 1. The summed E-state index contributed by atoms with van der Waals surface area (Å²) < 4.78 is 5.40. The van der Waals surface area contributed by atoms with Crippen LogP contribution in [-0.4, -0.2) is 58.9 Å². The third-order valence-corrected chi connectivity index (χ3v) is 7.85. The third-order valence-electron chi connectivity index (χ3n) is 6.29. The first-order valence-corrected chi connectivity index (χ1v) is 13.1. The van der Waals surface area contributed by atoms with Crippen LogP contribution in [0.5, 0.6) is 0 Å². The zero-order valence-corrected chi connectivity index (χ0v) is 22.1. The van der Waals surface area contributed by atoms with Gasteiger partial charge in [0.05, 0.1) is 17.8 Å². The van der Waals surface area contributed by atoms with Crippen LogP contribution >= 0.6 is 22.9 Å². The van der Waals surface area contributed by atoms with Crippen LogP contribution in [0.25, 0.3) is 0 Å². The fourth-order valence-electron chi connectivity index (χ4n) is 4.24. The van der Waals surface area contributed by atoms with Crippen LogP contribution in [-0.2, 0) is 16.1 Å². The number of allylic oxidation sites excluding steroid dienone is 1. The summed E-state index contributed by atoms with van der Waals surface area (Å²) in [5, 5.41) is 16.2. The zero-order chi connectivity index (χ0) is 26.5. The van der Waals surface area contributed by atoms with Crippen LogP contribution in [0.2, 0.25) is 0 Å². The number of benzene rings is 1. The number of nitrogens with zero attached hydrogens (tertiary/aromatic N) is 3. The highest BCUT2D eigenvalue weighted by molar-refractivity contribution is 7.17. The zero-order valence-electron chi connectivity index (χ0n) is 20.5. The monoisotopic (exact) mass is 545 g/mol. The molecule has 3 heterocycles. The summed E-state index contributed by atoms with van der Waals surface area (Å²) in [4.78, 5) is 47.9. The summed E-state index contributed by atoms with van der Waals surface area (Å²) in [5.41, 5.74) is 2.54. The largest absolute Gasteiger partial charge is 0.477 e. The van der Waals surface area contributed by atoms with E-state index in [0.29, 0.717) is 54.0 Å². The van der Waals surface area contributed by atoms with Crippen molar-refractivity contribution in [2.45, 2.75) is 51.8 Å². The number of aliphatic imine (C=N–C) groups is 1. The number of anilines is 1. The normalized spacial score (nSPS) is 19.4. The molecule has 2 amide bonds. The molecule has 0 radical (unpaired) electrons. The molecule has 1 saturated heterocycles. The number of halogens is 1. The Morgan fingerprint density at radius 1 is 1.22 bits per heavy atom. The lowest BCUT2D eigenvalue weighted by Crippen LogP contribution is -2.61. The summed E-state index contributed by atoms with van der Waals surface area (Å²) in [6.45, 7) is 4.54. The highest BCUT2D eigenvalue weighted by atomic mass is 35.5. The summed E-state index contributed by atoms with van der Waals surface area (Å²) in [6.07, 6.45) is 0.979. The van der Waals surface area contributed by atoms with Gasteiger partial charge >= 0.3 is 12.1 Å². The lowest BCUT2D eigenvalue weighted by molar-refractivity contribution is -0.115. The van der Waals surface area contributed by atoms with Crippen molar-refractivity contribution in [1.82, 2.24) is 15.6 Å². The Kier molecular flexibility index (Phi) is 8.45. The number of rotatable bonds is 8. The number of nitrogens with one attached hydrogen (secondary N) is 2. The summed E-state index contributed by atoms with van der Waals surface area (Å²) >= 11 is 7.24. The molecule has 0 saturated carbocycles. The third kappa shape index (κ3) is 6.47. The van der Waals surface area contributed by atoms with Gasteiger partial charge in [-0.05, 0) is 30.9 Å². The SMILES string of the molecule is CCC1=C(Cl)N=C(C(=O)N[C@@H]2CCN(c3nc(C)c(C(=O)O)s3)C[C@H]2NC(=O)OCc2ccccc2)C1. The van der Waals surface area contributed by atoms with Crippen molar-refractivity contribution in [1.29, 1.82) is 0 Å². The van der Waals surface area contributed by atoms with Gasteiger partial charge in [0.15, 0.2) is 5.13 Å². The highest BCUT2D eigenvalue weighted by Crippen LogP contribution is 2.29. The number of carbonyl (C=O) groups excluding carboxylic acids is 2. The fourth-order valence-corrected chi connectivity index (χ4v) is 5.49. The van der Waals surface area contributed by atoms with E-state index in [0.717, 1.165) is 22.5 Å². The molecule has 2 aliphatic rings. The molecule has 0 aliphatic carbocycles. The average molecular weight is 546 g/mol. The number of amides is 2. The minimum Gasteiger partial charge on any atom is -0.477 e. The molecular formula is C25H28ClN5O5S. The number of thiazole rings is 1. The Labute approximate surface area is 223 Å². The molecule has 10 nitrogen and oxygen atoms in total. The number of carbonyl (C=O) groups is 3. The van der Waals surface area contributed by atoms with Gasteiger partial charge in [0.2, 0.25) is 0 Å². The van der Waals surface area contributed by atoms with Gasteiger partial charge in [-0.3, -0.25) is 4.79 Å². The number of carboxylic acids is 1.